The molecule has 3 rings (SSSR count). The minimum Gasteiger partial charge on any atom is -0.382 e. The van der Waals surface area contributed by atoms with E-state index in [0.29, 0.717) is 23.8 Å². The van der Waals surface area contributed by atoms with Gasteiger partial charge in [0.15, 0.2) is 0 Å². The van der Waals surface area contributed by atoms with Gasteiger partial charge in [-0.05, 0) is 19.3 Å². The fraction of sp³-hybridized carbons (Fsp3) is 0.500. The Morgan fingerprint density at radius 2 is 2.17 bits per heavy atom. The molecule has 1 saturated heterocycles. The van der Waals surface area contributed by atoms with Crippen LogP contribution < -0.4 is 5.73 Å². The Morgan fingerprint density at radius 3 is 2.89 bits per heavy atom. The second kappa shape index (κ2) is 4.28. The van der Waals surface area contributed by atoms with E-state index in [1.165, 1.54) is 12.1 Å². The van der Waals surface area contributed by atoms with Crippen molar-refractivity contribution in [3.63, 3.8) is 0 Å². The molecule has 1 aliphatic carbocycles. The summed E-state index contributed by atoms with van der Waals surface area (Å²) in [4.78, 5) is 2.54. The second-order valence-corrected chi connectivity index (χ2v) is 5.37. The van der Waals surface area contributed by atoms with Gasteiger partial charge in [0.25, 0.3) is 0 Å². The van der Waals surface area contributed by atoms with Crippen molar-refractivity contribution in [3.05, 3.63) is 36.1 Å². The summed E-state index contributed by atoms with van der Waals surface area (Å²) in [5.74, 6) is 1.27. The Labute approximate surface area is 108 Å². The summed E-state index contributed by atoms with van der Waals surface area (Å²) < 4.78 is 1.89. The minimum absolute atomic E-state index is 0.529. The monoisotopic (exact) mass is 244 g/mol. The fourth-order valence-corrected chi connectivity index (χ4v) is 3.17. The molecule has 0 amide bonds. The van der Waals surface area contributed by atoms with Crippen LogP contribution in [0.1, 0.15) is 19.0 Å². The molecule has 0 radical (unpaired) electrons. The maximum Gasteiger partial charge on any atom is 0.145 e. The van der Waals surface area contributed by atoms with Gasteiger partial charge < -0.3 is 5.73 Å². The third-order valence-corrected chi connectivity index (χ3v) is 4.12. The molecule has 0 unspecified atom stereocenters. The van der Waals surface area contributed by atoms with E-state index in [2.05, 4.69) is 41.2 Å². The topological polar surface area (TPSA) is 47.1 Å². The Kier molecular flexibility index (Phi) is 2.74. The summed E-state index contributed by atoms with van der Waals surface area (Å²) in [6.45, 7) is 3.22. The van der Waals surface area contributed by atoms with Crippen LogP contribution in [0.25, 0.3) is 0 Å². The Balaban J connectivity index is 1.82. The molecular weight excluding hydrogens is 224 g/mol. The van der Waals surface area contributed by atoms with E-state index in [0.717, 1.165) is 6.54 Å². The van der Waals surface area contributed by atoms with E-state index in [9.17, 15) is 0 Å². The van der Waals surface area contributed by atoms with Crippen molar-refractivity contribution < 1.29 is 0 Å². The van der Waals surface area contributed by atoms with Gasteiger partial charge in [0.05, 0.1) is 5.69 Å². The van der Waals surface area contributed by atoms with E-state index in [1.807, 2.05) is 17.8 Å². The highest BCUT2D eigenvalue weighted by Crippen LogP contribution is 2.34. The molecule has 3 atom stereocenters. The third kappa shape index (κ3) is 1.86. The molecule has 1 fully saturated rings. The van der Waals surface area contributed by atoms with E-state index in [4.69, 9.17) is 5.73 Å². The van der Waals surface area contributed by atoms with Crippen molar-refractivity contribution in [2.24, 2.45) is 13.0 Å². The highest BCUT2D eigenvalue weighted by atomic mass is 15.3. The van der Waals surface area contributed by atoms with Crippen molar-refractivity contribution in [1.82, 2.24) is 14.7 Å². The summed E-state index contributed by atoms with van der Waals surface area (Å²) in [6.07, 6.45) is 10.2. The average Bonchev–Trinajstić information content (AvgIpc) is 2.81. The van der Waals surface area contributed by atoms with Crippen molar-refractivity contribution in [2.45, 2.75) is 32.0 Å². The highest BCUT2D eigenvalue weighted by molar-refractivity contribution is 5.30. The molecule has 0 aromatic carbocycles. The number of hydrogen-bond donors (Lipinski definition) is 1. The lowest BCUT2D eigenvalue weighted by atomic mass is 9.95. The summed E-state index contributed by atoms with van der Waals surface area (Å²) in [6, 6.07) is 3.10. The highest BCUT2D eigenvalue weighted by Gasteiger charge is 2.36. The molecule has 1 aliphatic heterocycles. The van der Waals surface area contributed by atoms with Crippen LogP contribution in [0, 0.1) is 5.92 Å². The smallest absolute Gasteiger partial charge is 0.145 e. The van der Waals surface area contributed by atoms with Gasteiger partial charge in [-0.2, -0.15) is 5.10 Å². The van der Waals surface area contributed by atoms with Crippen molar-refractivity contribution in [1.29, 1.82) is 0 Å². The Bertz CT molecular complexity index is 500. The van der Waals surface area contributed by atoms with Crippen LogP contribution in [0.5, 0.6) is 0 Å². The van der Waals surface area contributed by atoms with Gasteiger partial charge in [-0.3, -0.25) is 9.58 Å². The van der Waals surface area contributed by atoms with E-state index in [-0.39, 0.29) is 0 Å². The minimum atomic E-state index is 0.529. The molecule has 1 aromatic heterocycles. The summed E-state index contributed by atoms with van der Waals surface area (Å²) in [5, 5.41) is 4.22. The number of hydrogen-bond acceptors (Lipinski definition) is 3. The molecule has 0 bridgehead atoms. The molecule has 2 heterocycles. The maximum absolute atomic E-state index is 5.74. The van der Waals surface area contributed by atoms with Gasteiger partial charge in [-0.1, -0.05) is 24.3 Å². The normalized spacial score (nSPS) is 30.9. The largest absolute Gasteiger partial charge is 0.382 e. The lowest BCUT2D eigenvalue weighted by molar-refractivity contribution is 0.209. The van der Waals surface area contributed by atoms with Gasteiger partial charge in [-0.15, -0.1) is 0 Å². The first kappa shape index (κ1) is 11.5. The standard InChI is InChI=1S/C14H20N4/c1-10-7-11-5-3-4-6-13(11)18(10)9-12-8-14(15)16-17(12)2/h3-6,8,10-11,13H,7,9H2,1-2H3,(H2,15,16)/t10-,11-,13-/m1/s1. The van der Waals surface area contributed by atoms with E-state index >= 15 is 0 Å². The van der Waals surface area contributed by atoms with Crippen LogP contribution in [-0.2, 0) is 13.6 Å². The molecular formula is C14H20N4. The quantitative estimate of drug-likeness (QED) is 0.861. The van der Waals surface area contributed by atoms with Crippen molar-refractivity contribution >= 4 is 5.82 Å². The van der Waals surface area contributed by atoms with Gasteiger partial charge >= 0.3 is 0 Å². The number of nitrogen functional groups attached to an aromatic ring is 1. The number of aromatic nitrogens is 2. The molecule has 0 spiro atoms. The Morgan fingerprint density at radius 1 is 1.39 bits per heavy atom. The van der Waals surface area contributed by atoms with Crippen LogP contribution >= 0.6 is 0 Å². The number of aryl methyl sites for hydroxylation is 1. The zero-order valence-corrected chi connectivity index (χ0v) is 11.0. The predicted molar refractivity (Wildman–Crippen MR) is 72.8 cm³/mol. The first-order valence-corrected chi connectivity index (χ1v) is 6.54. The van der Waals surface area contributed by atoms with Gasteiger partial charge in [0, 0.05) is 31.7 Å². The summed E-state index contributed by atoms with van der Waals surface area (Å²) >= 11 is 0. The SMILES string of the molecule is C[C@@H]1C[C@H]2C=CC=C[C@H]2N1Cc1cc(N)nn1C. The molecule has 96 valence electrons. The van der Waals surface area contributed by atoms with Crippen molar-refractivity contribution in [3.8, 4) is 0 Å². The van der Waals surface area contributed by atoms with Crippen LogP contribution in [0.4, 0.5) is 5.82 Å². The number of anilines is 1. The summed E-state index contributed by atoms with van der Waals surface area (Å²) in [5.41, 5.74) is 6.93. The second-order valence-electron chi connectivity index (χ2n) is 5.37. The first-order chi connectivity index (χ1) is 8.65. The Hall–Kier alpha value is -1.55. The first-order valence-electron chi connectivity index (χ1n) is 6.54. The van der Waals surface area contributed by atoms with Crippen LogP contribution in [0.2, 0.25) is 0 Å². The predicted octanol–water partition coefficient (Wildman–Crippen LogP) is 1.71. The number of likely N-dealkylation sites (tertiary alicyclic amines) is 1. The number of allylic oxidation sites excluding steroid dienone is 2. The number of nitrogens with two attached hydrogens (primary N) is 1. The third-order valence-electron chi connectivity index (χ3n) is 4.12. The maximum atomic E-state index is 5.74. The fourth-order valence-electron chi connectivity index (χ4n) is 3.17. The van der Waals surface area contributed by atoms with E-state index in [1.54, 1.807) is 0 Å². The number of nitrogens with zero attached hydrogens (tertiary/aromatic N) is 3. The molecule has 2 aliphatic rings. The molecule has 1 aromatic rings. The zero-order chi connectivity index (χ0) is 12.7. The average molecular weight is 244 g/mol. The lowest BCUT2D eigenvalue weighted by Crippen LogP contribution is -2.35. The number of fused-ring (bicyclic) bond motifs is 1. The van der Waals surface area contributed by atoms with Gasteiger partial charge in [-0.25, -0.2) is 0 Å². The van der Waals surface area contributed by atoms with Gasteiger partial charge in [0.2, 0.25) is 0 Å². The molecule has 0 saturated carbocycles. The number of rotatable bonds is 2. The van der Waals surface area contributed by atoms with Crippen LogP contribution in [-0.4, -0.2) is 26.8 Å². The molecule has 18 heavy (non-hydrogen) atoms. The van der Waals surface area contributed by atoms with Crippen LogP contribution in [0.3, 0.4) is 0 Å². The van der Waals surface area contributed by atoms with Crippen molar-refractivity contribution in [2.75, 3.05) is 5.73 Å². The summed E-state index contributed by atoms with van der Waals surface area (Å²) in [7, 11) is 1.96. The van der Waals surface area contributed by atoms with E-state index < -0.39 is 0 Å². The molecule has 4 heteroatoms. The molecule has 4 nitrogen and oxygen atoms in total. The van der Waals surface area contributed by atoms with Gasteiger partial charge in [0.1, 0.15) is 5.82 Å². The van der Waals surface area contributed by atoms with Crippen LogP contribution in [0.15, 0.2) is 30.4 Å². The zero-order valence-electron chi connectivity index (χ0n) is 11.0. The lowest BCUT2D eigenvalue weighted by Gasteiger charge is -2.28. The molecule has 2 N–H and O–H groups in total.